The lowest BCUT2D eigenvalue weighted by atomic mass is 10.0. The summed E-state index contributed by atoms with van der Waals surface area (Å²) >= 11 is 1.50. The van der Waals surface area contributed by atoms with Gasteiger partial charge in [-0.25, -0.2) is 0 Å². The number of carbonyl (C=O) groups excluding carboxylic acids is 3. The summed E-state index contributed by atoms with van der Waals surface area (Å²) < 4.78 is 37.6. The standard InChI is InChI=1S/C30H34F3N7O3S/c1-19(34-28(43)30(31,32)33)22-11-7-10-21(16-22)18-25(41)35-24-15-14-23(37-38-24)12-5-6-13-27-39-40-29(44-27)36-26(42)17-20-8-3-2-4-9-20/h2-4,7-11,14-16,19,29,37-38,40H,5-6,12-13,17-18H2,1H3,(H,34,43)(H,35,41)(H,36,42). The van der Waals surface area contributed by atoms with Crippen molar-refractivity contribution in [2.24, 2.45) is 5.10 Å². The molecule has 2 aromatic carbocycles. The Bertz CT molecular complexity index is 1430. The largest absolute Gasteiger partial charge is 0.471 e. The third-order valence-corrected chi connectivity index (χ3v) is 7.68. The number of alkyl halides is 3. The van der Waals surface area contributed by atoms with Crippen molar-refractivity contribution >= 4 is 34.5 Å². The number of unbranched alkanes of at least 4 members (excludes halogenated alkanes) is 1. The van der Waals surface area contributed by atoms with Crippen LogP contribution in [0, 0.1) is 0 Å². The van der Waals surface area contributed by atoms with Gasteiger partial charge in [0, 0.05) is 5.70 Å². The molecule has 0 radical (unpaired) electrons. The van der Waals surface area contributed by atoms with Crippen LogP contribution in [0.15, 0.2) is 83.4 Å². The first-order valence-corrected chi connectivity index (χ1v) is 14.9. The first-order chi connectivity index (χ1) is 21.0. The van der Waals surface area contributed by atoms with Crippen LogP contribution in [-0.4, -0.2) is 34.4 Å². The van der Waals surface area contributed by atoms with Crippen LogP contribution in [0.1, 0.15) is 55.3 Å². The fourth-order valence-electron chi connectivity index (χ4n) is 4.41. The van der Waals surface area contributed by atoms with Crippen LogP contribution < -0.4 is 32.2 Å². The first kappa shape index (κ1) is 32.5. The van der Waals surface area contributed by atoms with Crippen LogP contribution in [0.5, 0.6) is 0 Å². The summed E-state index contributed by atoms with van der Waals surface area (Å²) in [6.45, 7) is 1.44. The number of hydrazine groups is 1. The molecule has 2 atom stereocenters. The number of nitrogens with one attached hydrogen (secondary N) is 6. The molecule has 234 valence electrons. The molecule has 2 heterocycles. The summed E-state index contributed by atoms with van der Waals surface area (Å²) in [7, 11) is 0. The molecule has 0 aromatic heterocycles. The molecule has 0 aliphatic carbocycles. The third-order valence-electron chi connectivity index (χ3n) is 6.65. The molecule has 6 N–H and O–H groups in total. The topological polar surface area (TPSA) is 136 Å². The van der Waals surface area contributed by atoms with Crippen molar-refractivity contribution in [3.8, 4) is 0 Å². The van der Waals surface area contributed by atoms with Crippen LogP contribution in [0.2, 0.25) is 0 Å². The second-order valence-corrected chi connectivity index (χ2v) is 11.4. The van der Waals surface area contributed by atoms with Gasteiger partial charge >= 0.3 is 12.1 Å². The molecular weight excluding hydrogens is 595 g/mol. The number of amides is 3. The van der Waals surface area contributed by atoms with Crippen molar-refractivity contribution in [3.63, 3.8) is 0 Å². The Kier molecular flexibility index (Phi) is 11.3. The molecule has 2 unspecified atom stereocenters. The van der Waals surface area contributed by atoms with Gasteiger partial charge in [0.2, 0.25) is 11.8 Å². The Balaban J connectivity index is 1.13. The second kappa shape index (κ2) is 15.3. The molecular formula is C30H34F3N7O3S. The predicted octanol–water partition coefficient (Wildman–Crippen LogP) is 3.77. The number of benzene rings is 2. The lowest BCUT2D eigenvalue weighted by Crippen LogP contribution is -2.41. The Morgan fingerprint density at radius 3 is 2.39 bits per heavy atom. The SMILES string of the molecule is CC(NC(=O)C(F)(F)F)c1cccc(CC(=O)NC2=CC=C(CCCCC3=NNC(NC(=O)Cc4ccccc4)S3)NN2)c1. The van der Waals surface area contributed by atoms with Gasteiger partial charge in [-0.15, -0.1) is 0 Å². The van der Waals surface area contributed by atoms with Crippen molar-refractivity contribution in [1.82, 2.24) is 32.2 Å². The van der Waals surface area contributed by atoms with Crippen LogP contribution in [-0.2, 0) is 27.2 Å². The summed E-state index contributed by atoms with van der Waals surface area (Å²) in [6, 6.07) is 15.2. The van der Waals surface area contributed by atoms with E-state index < -0.39 is 18.1 Å². The van der Waals surface area contributed by atoms with Crippen LogP contribution in [0.4, 0.5) is 13.2 Å². The lowest BCUT2D eigenvalue weighted by molar-refractivity contribution is -0.174. The number of nitrogens with zero attached hydrogens (tertiary/aromatic N) is 1. The van der Waals surface area contributed by atoms with E-state index in [1.54, 1.807) is 30.3 Å². The van der Waals surface area contributed by atoms with Crippen molar-refractivity contribution in [2.45, 2.75) is 63.2 Å². The minimum absolute atomic E-state index is 0.00229. The molecule has 14 heteroatoms. The zero-order valence-corrected chi connectivity index (χ0v) is 24.8. The van der Waals surface area contributed by atoms with Gasteiger partial charge in [-0.2, -0.15) is 18.3 Å². The molecule has 0 saturated carbocycles. The van der Waals surface area contributed by atoms with Gasteiger partial charge in [0.25, 0.3) is 0 Å². The monoisotopic (exact) mass is 629 g/mol. The molecule has 0 saturated heterocycles. The van der Waals surface area contributed by atoms with Crippen molar-refractivity contribution in [2.75, 3.05) is 0 Å². The Morgan fingerprint density at radius 2 is 1.66 bits per heavy atom. The van der Waals surface area contributed by atoms with Gasteiger partial charge in [0.15, 0.2) is 5.50 Å². The molecule has 4 rings (SSSR count). The third kappa shape index (κ3) is 10.4. The first-order valence-electron chi connectivity index (χ1n) is 14.1. The van der Waals surface area contributed by atoms with E-state index in [9.17, 15) is 27.6 Å². The molecule has 2 aliphatic heterocycles. The molecule has 2 aliphatic rings. The highest BCUT2D eigenvalue weighted by Gasteiger charge is 2.39. The minimum atomic E-state index is -4.97. The van der Waals surface area contributed by atoms with E-state index in [2.05, 4.69) is 32.0 Å². The van der Waals surface area contributed by atoms with E-state index >= 15 is 0 Å². The quantitative estimate of drug-likeness (QED) is 0.186. The van der Waals surface area contributed by atoms with Gasteiger partial charge in [-0.3, -0.25) is 25.2 Å². The summed E-state index contributed by atoms with van der Waals surface area (Å²) in [4.78, 5) is 36.0. The number of hydrazone groups is 1. The molecule has 0 fully saturated rings. The predicted molar refractivity (Wildman–Crippen MR) is 162 cm³/mol. The molecule has 44 heavy (non-hydrogen) atoms. The highest BCUT2D eigenvalue weighted by Crippen LogP contribution is 2.21. The van der Waals surface area contributed by atoms with Crippen molar-refractivity contribution < 1.29 is 27.6 Å². The maximum atomic E-state index is 12.6. The van der Waals surface area contributed by atoms with E-state index in [0.717, 1.165) is 42.0 Å². The fourth-order valence-corrected chi connectivity index (χ4v) is 5.35. The number of thioether (sulfide) groups is 1. The van der Waals surface area contributed by atoms with E-state index in [0.29, 0.717) is 23.4 Å². The van der Waals surface area contributed by atoms with Crippen LogP contribution in [0.25, 0.3) is 0 Å². The number of hydrogen-bond donors (Lipinski definition) is 6. The highest BCUT2D eigenvalue weighted by molar-refractivity contribution is 8.14. The zero-order chi connectivity index (χ0) is 31.5. The Morgan fingerprint density at radius 1 is 0.932 bits per heavy atom. The Hall–Kier alpha value is -4.46. The summed E-state index contributed by atoms with van der Waals surface area (Å²) in [6.07, 6.45) is 2.34. The fraction of sp³-hybridized carbons (Fsp3) is 0.333. The number of carbonyl (C=O) groups is 3. The van der Waals surface area contributed by atoms with E-state index in [-0.39, 0.29) is 23.7 Å². The zero-order valence-electron chi connectivity index (χ0n) is 24.0. The molecule has 3 amide bonds. The normalized spacial score (nSPS) is 16.6. The van der Waals surface area contributed by atoms with Crippen molar-refractivity contribution in [1.29, 1.82) is 0 Å². The number of hydrogen-bond acceptors (Lipinski definition) is 8. The van der Waals surface area contributed by atoms with Crippen LogP contribution >= 0.6 is 11.8 Å². The maximum Gasteiger partial charge on any atom is 0.471 e. The lowest BCUT2D eigenvalue weighted by Gasteiger charge is -2.20. The summed E-state index contributed by atoms with van der Waals surface area (Å²) in [5.41, 5.74) is 11.7. The molecule has 10 nitrogen and oxygen atoms in total. The van der Waals surface area contributed by atoms with Crippen molar-refractivity contribution in [3.05, 3.63) is 95.0 Å². The van der Waals surface area contributed by atoms with E-state index in [1.165, 1.54) is 18.7 Å². The number of halogens is 3. The molecule has 0 bridgehead atoms. The summed E-state index contributed by atoms with van der Waals surface area (Å²) in [5.74, 6) is -1.94. The van der Waals surface area contributed by atoms with Gasteiger partial charge < -0.3 is 21.4 Å². The van der Waals surface area contributed by atoms with Crippen LogP contribution in [0.3, 0.4) is 0 Å². The second-order valence-electron chi connectivity index (χ2n) is 10.3. The smallest absolute Gasteiger partial charge is 0.342 e. The number of allylic oxidation sites excluding steroid dienone is 3. The molecule has 2 aromatic rings. The van der Waals surface area contributed by atoms with E-state index in [4.69, 9.17) is 0 Å². The highest BCUT2D eigenvalue weighted by atomic mass is 32.2. The number of rotatable bonds is 13. The average Bonchev–Trinajstić information content (AvgIpc) is 3.43. The maximum absolute atomic E-state index is 12.6. The van der Waals surface area contributed by atoms with E-state index in [1.807, 2.05) is 41.7 Å². The van der Waals surface area contributed by atoms with Gasteiger partial charge in [-0.1, -0.05) is 66.4 Å². The minimum Gasteiger partial charge on any atom is -0.342 e. The van der Waals surface area contributed by atoms with Gasteiger partial charge in [-0.05, 0) is 61.4 Å². The van der Waals surface area contributed by atoms with Gasteiger partial charge in [0.1, 0.15) is 5.82 Å². The molecule has 0 spiro atoms. The van der Waals surface area contributed by atoms with Gasteiger partial charge in [0.05, 0.1) is 23.9 Å². The Labute approximate surface area is 257 Å². The average molecular weight is 630 g/mol. The summed E-state index contributed by atoms with van der Waals surface area (Å²) in [5, 5.41) is 12.9.